The summed E-state index contributed by atoms with van der Waals surface area (Å²) in [4.78, 5) is 12.7. The lowest BCUT2D eigenvalue weighted by atomic mass is 10.1. The number of carbonyl (C=O) groups excluding carboxylic acids is 1. The summed E-state index contributed by atoms with van der Waals surface area (Å²) < 4.78 is 12.2. The van der Waals surface area contributed by atoms with Crippen LogP contribution in [0.3, 0.4) is 0 Å². The number of nitrogens with zero attached hydrogens (tertiary/aromatic N) is 1. The Kier molecular flexibility index (Phi) is 7.47. The van der Waals surface area contributed by atoms with Crippen molar-refractivity contribution in [3.63, 3.8) is 0 Å². The van der Waals surface area contributed by atoms with Gasteiger partial charge in [-0.2, -0.15) is 5.10 Å². The molecule has 0 saturated carbocycles. The van der Waals surface area contributed by atoms with Crippen molar-refractivity contribution in [3.8, 4) is 11.5 Å². The minimum absolute atomic E-state index is 0.344. The van der Waals surface area contributed by atoms with Gasteiger partial charge in [0.1, 0.15) is 18.1 Å². The summed E-state index contributed by atoms with van der Waals surface area (Å²) in [5, 5.41) is 6.74. The largest absolute Gasteiger partial charge is 0.496 e. The van der Waals surface area contributed by atoms with E-state index in [-0.39, 0.29) is 5.91 Å². The number of methoxy groups -OCH3 is 1. The Morgan fingerprint density at radius 1 is 1.00 bits per heavy atom. The quantitative estimate of drug-likeness (QED) is 0.158. The highest BCUT2D eigenvalue weighted by atomic mass is 127. The molecule has 33 heavy (non-hydrogen) atoms. The van der Waals surface area contributed by atoms with Crippen molar-refractivity contribution in [2.75, 3.05) is 7.11 Å². The number of rotatable bonds is 7. The zero-order chi connectivity index (χ0) is 23.2. The standard InChI is InChI=1S/C26H20ClIN2O3/c1-32-25-14-19-7-3-2-6-18(19)13-21(25)26(31)30-29-15-17-10-11-24(23(28)12-17)33-16-20-8-4-5-9-22(20)27/h2-15H,16H2,1H3,(H,30,31)/b29-15-. The molecule has 7 heteroatoms. The average Bonchev–Trinajstić information content (AvgIpc) is 2.83. The minimum Gasteiger partial charge on any atom is -0.496 e. The average molecular weight is 571 g/mol. The third kappa shape index (κ3) is 5.64. The third-order valence-corrected chi connectivity index (χ3v) is 6.20. The molecule has 4 aromatic carbocycles. The summed E-state index contributed by atoms with van der Waals surface area (Å²) in [7, 11) is 1.54. The van der Waals surface area contributed by atoms with Crippen molar-refractivity contribution in [1.29, 1.82) is 0 Å². The molecule has 0 aromatic heterocycles. The molecular formula is C26H20ClIN2O3. The van der Waals surface area contributed by atoms with Gasteiger partial charge in [0, 0.05) is 10.6 Å². The molecule has 0 heterocycles. The lowest BCUT2D eigenvalue weighted by Gasteiger charge is -2.10. The second-order valence-electron chi connectivity index (χ2n) is 7.17. The van der Waals surface area contributed by atoms with Gasteiger partial charge >= 0.3 is 0 Å². The molecule has 0 aliphatic carbocycles. The van der Waals surface area contributed by atoms with Crippen LogP contribution in [-0.2, 0) is 6.61 Å². The van der Waals surface area contributed by atoms with Crippen molar-refractivity contribution in [2.24, 2.45) is 5.10 Å². The summed E-state index contributed by atoms with van der Waals surface area (Å²) in [6.45, 7) is 0.382. The van der Waals surface area contributed by atoms with E-state index in [1.54, 1.807) is 19.4 Å². The highest BCUT2D eigenvalue weighted by Crippen LogP contribution is 2.26. The van der Waals surface area contributed by atoms with E-state index in [0.717, 1.165) is 31.2 Å². The second kappa shape index (κ2) is 10.7. The van der Waals surface area contributed by atoms with E-state index in [9.17, 15) is 4.79 Å². The van der Waals surface area contributed by atoms with E-state index in [0.29, 0.717) is 22.9 Å². The molecule has 0 fully saturated rings. The smallest absolute Gasteiger partial charge is 0.275 e. The number of hydrogen-bond donors (Lipinski definition) is 1. The number of carbonyl (C=O) groups is 1. The van der Waals surface area contributed by atoms with Crippen LogP contribution in [0.5, 0.6) is 11.5 Å². The molecule has 0 atom stereocenters. The van der Waals surface area contributed by atoms with Crippen LogP contribution in [-0.4, -0.2) is 19.2 Å². The molecule has 0 bridgehead atoms. The van der Waals surface area contributed by atoms with Crippen molar-refractivity contribution >= 4 is 57.1 Å². The van der Waals surface area contributed by atoms with Crippen LogP contribution in [0.15, 0.2) is 84.0 Å². The van der Waals surface area contributed by atoms with Gasteiger partial charge in [-0.25, -0.2) is 5.43 Å². The molecule has 1 amide bonds. The number of nitrogens with one attached hydrogen (secondary N) is 1. The van der Waals surface area contributed by atoms with Crippen LogP contribution in [0.2, 0.25) is 5.02 Å². The summed E-state index contributed by atoms with van der Waals surface area (Å²) in [6, 6.07) is 24.7. The Morgan fingerprint density at radius 3 is 2.45 bits per heavy atom. The van der Waals surface area contributed by atoms with Gasteiger partial charge in [-0.1, -0.05) is 54.1 Å². The van der Waals surface area contributed by atoms with Crippen LogP contribution in [0.1, 0.15) is 21.5 Å². The maximum atomic E-state index is 12.7. The van der Waals surface area contributed by atoms with Gasteiger partial charge in [-0.05, 0) is 75.3 Å². The molecule has 0 spiro atoms. The van der Waals surface area contributed by atoms with Gasteiger partial charge in [0.15, 0.2) is 0 Å². The van der Waals surface area contributed by atoms with E-state index in [2.05, 4.69) is 33.1 Å². The summed E-state index contributed by atoms with van der Waals surface area (Å²) >= 11 is 8.39. The molecule has 4 rings (SSSR count). The summed E-state index contributed by atoms with van der Waals surface area (Å²) in [6.07, 6.45) is 1.59. The Morgan fingerprint density at radius 2 is 1.73 bits per heavy atom. The molecule has 0 aliphatic heterocycles. The van der Waals surface area contributed by atoms with Crippen LogP contribution < -0.4 is 14.9 Å². The lowest BCUT2D eigenvalue weighted by Crippen LogP contribution is -2.18. The van der Waals surface area contributed by atoms with E-state index in [1.165, 1.54) is 0 Å². The van der Waals surface area contributed by atoms with E-state index in [1.807, 2.05) is 72.8 Å². The van der Waals surface area contributed by atoms with Gasteiger partial charge in [-0.15, -0.1) is 0 Å². The number of fused-ring (bicyclic) bond motifs is 1. The predicted octanol–water partition coefficient (Wildman–Crippen LogP) is 6.45. The topological polar surface area (TPSA) is 59.9 Å². The molecule has 0 radical (unpaired) electrons. The summed E-state index contributed by atoms with van der Waals surface area (Å²) in [5.41, 5.74) is 4.75. The fourth-order valence-corrected chi connectivity index (χ4v) is 4.16. The van der Waals surface area contributed by atoms with E-state index < -0.39 is 0 Å². The fourth-order valence-electron chi connectivity index (χ4n) is 3.28. The van der Waals surface area contributed by atoms with Gasteiger partial charge in [0.2, 0.25) is 0 Å². The number of hydrogen-bond acceptors (Lipinski definition) is 4. The Bertz CT molecular complexity index is 1340. The molecule has 0 aliphatic rings. The number of benzene rings is 4. The number of hydrazone groups is 1. The van der Waals surface area contributed by atoms with E-state index >= 15 is 0 Å². The second-order valence-corrected chi connectivity index (χ2v) is 8.74. The van der Waals surface area contributed by atoms with Gasteiger partial charge in [-0.3, -0.25) is 4.79 Å². The maximum Gasteiger partial charge on any atom is 0.275 e. The monoisotopic (exact) mass is 570 g/mol. The molecule has 4 aromatic rings. The first-order chi connectivity index (χ1) is 16.0. The van der Waals surface area contributed by atoms with Crippen LogP contribution >= 0.6 is 34.2 Å². The van der Waals surface area contributed by atoms with Crippen molar-refractivity contribution < 1.29 is 14.3 Å². The first kappa shape index (κ1) is 23.1. The van der Waals surface area contributed by atoms with E-state index in [4.69, 9.17) is 21.1 Å². The third-order valence-electron chi connectivity index (χ3n) is 4.99. The minimum atomic E-state index is -0.344. The highest BCUT2D eigenvalue weighted by molar-refractivity contribution is 14.1. The maximum absolute atomic E-state index is 12.7. The van der Waals surface area contributed by atoms with Gasteiger partial charge in [0.05, 0.1) is 22.5 Å². The zero-order valence-corrected chi connectivity index (χ0v) is 20.6. The van der Waals surface area contributed by atoms with Crippen molar-refractivity contribution in [1.82, 2.24) is 5.43 Å². The van der Waals surface area contributed by atoms with Crippen LogP contribution in [0, 0.1) is 3.57 Å². The molecule has 5 nitrogen and oxygen atoms in total. The van der Waals surface area contributed by atoms with Crippen molar-refractivity contribution in [2.45, 2.75) is 6.61 Å². The van der Waals surface area contributed by atoms with Crippen molar-refractivity contribution in [3.05, 3.63) is 104 Å². The van der Waals surface area contributed by atoms with Crippen LogP contribution in [0.4, 0.5) is 0 Å². The summed E-state index contributed by atoms with van der Waals surface area (Å²) in [5.74, 6) is 0.900. The first-order valence-corrected chi connectivity index (χ1v) is 11.6. The lowest BCUT2D eigenvalue weighted by molar-refractivity contribution is 0.0952. The first-order valence-electron chi connectivity index (χ1n) is 10.1. The molecular weight excluding hydrogens is 551 g/mol. The number of ether oxygens (including phenoxy) is 2. The Hall–Kier alpha value is -3.10. The number of amides is 1. The molecule has 166 valence electrons. The molecule has 1 N–H and O–H groups in total. The number of halogens is 2. The SMILES string of the molecule is COc1cc2ccccc2cc1C(=O)N/N=C\c1ccc(OCc2ccccc2Cl)c(I)c1. The molecule has 0 unspecified atom stereocenters. The predicted molar refractivity (Wildman–Crippen MR) is 141 cm³/mol. The fraction of sp³-hybridized carbons (Fsp3) is 0.0769. The molecule has 0 saturated heterocycles. The normalized spacial score (nSPS) is 11.0. The Labute approximate surface area is 210 Å². The Balaban J connectivity index is 1.42. The highest BCUT2D eigenvalue weighted by Gasteiger charge is 2.13. The van der Waals surface area contributed by atoms with Crippen LogP contribution in [0.25, 0.3) is 10.8 Å². The zero-order valence-electron chi connectivity index (χ0n) is 17.7. The van der Waals surface area contributed by atoms with Gasteiger partial charge < -0.3 is 9.47 Å². The van der Waals surface area contributed by atoms with Gasteiger partial charge in [0.25, 0.3) is 5.91 Å².